The van der Waals surface area contributed by atoms with Gasteiger partial charge in [-0.15, -0.1) is 0 Å². The molecule has 0 spiro atoms. The summed E-state index contributed by atoms with van der Waals surface area (Å²) in [5.41, 5.74) is 0. The molecular weight excluding hydrogens is 202 g/mol. The van der Waals surface area contributed by atoms with Crippen molar-refractivity contribution in [2.75, 3.05) is 11.5 Å². The average molecular weight is 214 g/mol. The Balaban J connectivity index is 2.54. The number of aliphatic hydroxyl groups excluding tert-OH is 1. The SMILES string of the molecule is O=S1(=O)CCC(CC(F)F)C(O)C1. The van der Waals surface area contributed by atoms with Crippen LogP contribution in [0.4, 0.5) is 8.78 Å². The highest BCUT2D eigenvalue weighted by Gasteiger charge is 2.33. The molecule has 6 heteroatoms. The molecule has 2 unspecified atom stereocenters. The topological polar surface area (TPSA) is 54.4 Å². The first-order chi connectivity index (χ1) is 5.91. The van der Waals surface area contributed by atoms with E-state index in [1.807, 2.05) is 0 Å². The predicted molar refractivity (Wildman–Crippen MR) is 43.4 cm³/mol. The molecule has 1 saturated heterocycles. The van der Waals surface area contributed by atoms with E-state index in [0.29, 0.717) is 0 Å². The van der Waals surface area contributed by atoms with Crippen LogP contribution in [0.5, 0.6) is 0 Å². The molecule has 1 N–H and O–H groups in total. The Bertz CT molecular complexity index is 263. The van der Waals surface area contributed by atoms with Gasteiger partial charge in [0.15, 0.2) is 9.84 Å². The van der Waals surface area contributed by atoms with Gasteiger partial charge in [-0.2, -0.15) is 0 Å². The monoisotopic (exact) mass is 214 g/mol. The predicted octanol–water partition coefficient (Wildman–Crippen LogP) is 0.437. The zero-order valence-electron chi connectivity index (χ0n) is 6.99. The van der Waals surface area contributed by atoms with Gasteiger partial charge in [0.2, 0.25) is 6.43 Å². The largest absolute Gasteiger partial charge is 0.392 e. The third-order valence-electron chi connectivity index (χ3n) is 2.25. The van der Waals surface area contributed by atoms with Crippen molar-refractivity contribution in [3.05, 3.63) is 0 Å². The van der Waals surface area contributed by atoms with E-state index in [4.69, 9.17) is 0 Å². The maximum Gasteiger partial charge on any atom is 0.239 e. The first kappa shape index (κ1) is 10.8. The van der Waals surface area contributed by atoms with Crippen molar-refractivity contribution in [2.24, 2.45) is 5.92 Å². The Morgan fingerprint density at radius 3 is 2.54 bits per heavy atom. The van der Waals surface area contributed by atoms with Crippen LogP contribution in [0.1, 0.15) is 12.8 Å². The molecule has 0 saturated carbocycles. The van der Waals surface area contributed by atoms with Crippen LogP contribution in [0.3, 0.4) is 0 Å². The summed E-state index contributed by atoms with van der Waals surface area (Å²) in [6.07, 6.45) is -3.85. The minimum Gasteiger partial charge on any atom is -0.392 e. The van der Waals surface area contributed by atoms with Crippen molar-refractivity contribution in [3.8, 4) is 0 Å². The van der Waals surface area contributed by atoms with Crippen molar-refractivity contribution in [1.82, 2.24) is 0 Å². The van der Waals surface area contributed by atoms with Crippen LogP contribution in [0.25, 0.3) is 0 Å². The van der Waals surface area contributed by atoms with E-state index in [-0.39, 0.29) is 17.9 Å². The van der Waals surface area contributed by atoms with Crippen molar-refractivity contribution in [3.63, 3.8) is 0 Å². The van der Waals surface area contributed by atoms with Gasteiger partial charge < -0.3 is 5.11 Å². The van der Waals surface area contributed by atoms with Crippen LogP contribution in [-0.4, -0.2) is 37.6 Å². The molecule has 78 valence electrons. The molecule has 0 aromatic carbocycles. The maximum atomic E-state index is 11.9. The highest BCUT2D eigenvalue weighted by Crippen LogP contribution is 2.25. The summed E-state index contributed by atoms with van der Waals surface area (Å²) >= 11 is 0. The fourth-order valence-electron chi connectivity index (χ4n) is 1.51. The lowest BCUT2D eigenvalue weighted by atomic mass is 9.96. The van der Waals surface area contributed by atoms with Gasteiger partial charge in [0.25, 0.3) is 0 Å². The molecule has 1 aliphatic rings. The van der Waals surface area contributed by atoms with E-state index in [0.717, 1.165) is 0 Å². The summed E-state index contributed by atoms with van der Waals surface area (Å²) in [5.74, 6) is -1.02. The molecule has 1 aliphatic heterocycles. The molecular formula is C7H12F2O3S. The molecule has 2 atom stereocenters. The van der Waals surface area contributed by atoms with Gasteiger partial charge >= 0.3 is 0 Å². The lowest BCUT2D eigenvalue weighted by Crippen LogP contribution is -2.37. The zero-order chi connectivity index (χ0) is 10.1. The van der Waals surface area contributed by atoms with Gasteiger partial charge in [-0.25, -0.2) is 17.2 Å². The molecule has 1 rings (SSSR count). The molecule has 1 fully saturated rings. The maximum absolute atomic E-state index is 11.9. The Labute approximate surface area is 75.7 Å². The highest BCUT2D eigenvalue weighted by atomic mass is 32.2. The number of alkyl halides is 2. The number of sulfone groups is 1. The zero-order valence-corrected chi connectivity index (χ0v) is 7.80. The van der Waals surface area contributed by atoms with Crippen LogP contribution >= 0.6 is 0 Å². The number of hydrogen-bond acceptors (Lipinski definition) is 3. The molecule has 0 aromatic heterocycles. The molecule has 0 amide bonds. The van der Waals surface area contributed by atoms with Crippen LogP contribution in [0, 0.1) is 5.92 Å². The van der Waals surface area contributed by atoms with E-state index in [1.54, 1.807) is 0 Å². The highest BCUT2D eigenvalue weighted by molar-refractivity contribution is 7.91. The minimum absolute atomic E-state index is 0.0819. The molecule has 3 nitrogen and oxygen atoms in total. The van der Waals surface area contributed by atoms with Crippen LogP contribution in [0.15, 0.2) is 0 Å². The molecule has 0 radical (unpaired) electrons. The normalized spacial score (nSPS) is 33.5. The van der Waals surface area contributed by atoms with Gasteiger partial charge in [-0.1, -0.05) is 0 Å². The second-order valence-electron chi connectivity index (χ2n) is 3.36. The molecule has 13 heavy (non-hydrogen) atoms. The summed E-state index contributed by atoms with van der Waals surface area (Å²) in [6.45, 7) is 0. The van der Waals surface area contributed by atoms with Crippen LogP contribution in [-0.2, 0) is 9.84 Å². The summed E-state index contributed by atoms with van der Waals surface area (Å²) in [7, 11) is -3.20. The lowest BCUT2D eigenvalue weighted by molar-refractivity contribution is 0.0534. The second-order valence-corrected chi connectivity index (χ2v) is 5.59. The van der Waals surface area contributed by atoms with Crippen molar-refractivity contribution >= 4 is 9.84 Å². The fraction of sp³-hybridized carbons (Fsp3) is 1.00. The number of hydrogen-bond donors (Lipinski definition) is 1. The Morgan fingerprint density at radius 2 is 2.08 bits per heavy atom. The summed E-state index contributed by atoms with van der Waals surface area (Å²) in [6, 6.07) is 0. The average Bonchev–Trinajstić information content (AvgIpc) is 1.93. The summed E-state index contributed by atoms with van der Waals surface area (Å²) < 4.78 is 45.7. The third-order valence-corrected chi connectivity index (χ3v) is 3.96. The van der Waals surface area contributed by atoms with Gasteiger partial charge in [0.1, 0.15) is 0 Å². The Kier molecular flexibility index (Phi) is 3.23. The standard InChI is InChI=1S/C7H12F2O3S/c8-7(9)3-5-1-2-13(11,12)4-6(5)10/h5-7,10H,1-4H2. The second kappa shape index (κ2) is 3.88. The smallest absolute Gasteiger partial charge is 0.239 e. The van der Waals surface area contributed by atoms with E-state index >= 15 is 0 Å². The quantitative estimate of drug-likeness (QED) is 0.725. The first-order valence-electron chi connectivity index (χ1n) is 4.07. The van der Waals surface area contributed by atoms with Gasteiger partial charge in [0.05, 0.1) is 17.6 Å². The first-order valence-corrected chi connectivity index (χ1v) is 5.89. The van der Waals surface area contributed by atoms with E-state index in [1.165, 1.54) is 0 Å². The molecule has 1 heterocycles. The minimum atomic E-state index is -3.20. The Morgan fingerprint density at radius 1 is 1.46 bits per heavy atom. The van der Waals surface area contributed by atoms with E-state index < -0.39 is 34.7 Å². The number of halogens is 2. The Hall–Kier alpha value is -0.230. The van der Waals surface area contributed by atoms with Crippen LogP contribution in [0.2, 0.25) is 0 Å². The van der Waals surface area contributed by atoms with Gasteiger partial charge in [0, 0.05) is 6.42 Å². The fourth-order valence-corrected chi connectivity index (χ4v) is 3.13. The van der Waals surface area contributed by atoms with Crippen LogP contribution < -0.4 is 0 Å². The summed E-state index contributed by atoms with van der Waals surface area (Å²) in [5, 5.41) is 9.24. The molecule has 0 bridgehead atoms. The van der Waals surface area contributed by atoms with Crippen molar-refractivity contribution < 1.29 is 22.3 Å². The third kappa shape index (κ3) is 3.19. The number of aliphatic hydroxyl groups is 1. The number of rotatable bonds is 2. The van der Waals surface area contributed by atoms with Crippen molar-refractivity contribution in [2.45, 2.75) is 25.4 Å². The van der Waals surface area contributed by atoms with E-state index in [2.05, 4.69) is 0 Å². The molecule has 0 aliphatic carbocycles. The molecule has 0 aromatic rings. The van der Waals surface area contributed by atoms with Gasteiger partial charge in [-0.3, -0.25) is 0 Å². The summed E-state index contributed by atoms with van der Waals surface area (Å²) in [4.78, 5) is 0. The lowest BCUT2D eigenvalue weighted by Gasteiger charge is -2.26. The van der Waals surface area contributed by atoms with E-state index in [9.17, 15) is 22.3 Å². The van der Waals surface area contributed by atoms with Crippen molar-refractivity contribution in [1.29, 1.82) is 0 Å². The van der Waals surface area contributed by atoms with Gasteiger partial charge in [-0.05, 0) is 12.3 Å².